The molecule has 2 aromatic heterocycles. The van der Waals surface area contributed by atoms with E-state index in [-0.39, 0.29) is 10.8 Å². The van der Waals surface area contributed by atoms with Crippen molar-refractivity contribution in [1.82, 2.24) is 14.9 Å². The van der Waals surface area contributed by atoms with Crippen molar-refractivity contribution in [2.45, 2.75) is 51.1 Å². The highest BCUT2D eigenvalue weighted by atomic mass is 32.1. The maximum atomic E-state index is 12.7. The molecule has 0 unspecified atom stereocenters. The van der Waals surface area contributed by atoms with Gasteiger partial charge in [-0.05, 0) is 69.5 Å². The molecule has 168 valence electrons. The number of nitrogens with one attached hydrogen (secondary N) is 1. The molecule has 3 heterocycles. The zero-order chi connectivity index (χ0) is 21.8. The number of aromatic nitrogens is 2. The third kappa shape index (κ3) is 6.07. The van der Waals surface area contributed by atoms with Gasteiger partial charge in [-0.15, -0.1) is 11.3 Å². The lowest BCUT2D eigenvalue weighted by Crippen LogP contribution is -2.39. The molecule has 2 fully saturated rings. The maximum absolute atomic E-state index is 12.7. The lowest BCUT2D eigenvalue weighted by molar-refractivity contribution is -0.126. The topological polar surface area (TPSA) is 64.8 Å². The molecular weight excluding hydrogens is 423 g/mol. The third-order valence-corrected chi connectivity index (χ3v) is 7.61. The zero-order valence-electron chi connectivity index (χ0n) is 17.5. The van der Waals surface area contributed by atoms with Crippen LogP contribution in [-0.2, 0) is 6.42 Å². The quantitative estimate of drug-likeness (QED) is 0.650. The number of nitrogens with zero attached hydrogens (tertiary/aromatic N) is 4. The van der Waals surface area contributed by atoms with E-state index in [2.05, 4.69) is 26.3 Å². The van der Waals surface area contributed by atoms with Gasteiger partial charge < -0.3 is 10.2 Å². The number of likely N-dealkylation sites (tertiary alicyclic amines) is 1. The van der Waals surface area contributed by atoms with Gasteiger partial charge in [0.05, 0.1) is 17.9 Å². The molecule has 4 rings (SSSR count). The van der Waals surface area contributed by atoms with Crippen LogP contribution < -0.4 is 5.32 Å². The summed E-state index contributed by atoms with van der Waals surface area (Å²) in [6.45, 7) is 4.08. The number of fused-ring (bicyclic) bond motifs is 1. The second-order valence-corrected chi connectivity index (χ2v) is 10.0. The Morgan fingerprint density at radius 3 is 2.52 bits per heavy atom. The van der Waals surface area contributed by atoms with Crippen LogP contribution in [0.1, 0.15) is 43.4 Å². The summed E-state index contributed by atoms with van der Waals surface area (Å²) < 4.78 is 38.1. The van der Waals surface area contributed by atoms with Crippen molar-refractivity contribution in [2.75, 3.05) is 31.5 Å². The number of hydrogen-bond acceptors (Lipinski definition) is 6. The molecule has 1 saturated carbocycles. The fourth-order valence-corrected chi connectivity index (χ4v) is 5.81. The van der Waals surface area contributed by atoms with Crippen molar-refractivity contribution in [3.05, 3.63) is 17.3 Å². The molecule has 9 heteroatoms. The van der Waals surface area contributed by atoms with Crippen LogP contribution in [0.3, 0.4) is 0 Å². The van der Waals surface area contributed by atoms with Crippen LogP contribution in [0.5, 0.6) is 0 Å². The van der Waals surface area contributed by atoms with Crippen LogP contribution in [0.25, 0.3) is 10.2 Å². The van der Waals surface area contributed by atoms with Crippen molar-refractivity contribution in [2.24, 2.45) is 17.8 Å². The molecule has 2 aromatic rings. The van der Waals surface area contributed by atoms with E-state index < -0.39 is 12.6 Å². The van der Waals surface area contributed by atoms with E-state index >= 15 is 0 Å². The van der Waals surface area contributed by atoms with Gasteiger partial charge in [0.25, 0.3) is 0 Å². The first-order valence-corrected chi connectivity index (χ1v) is 11.9. The Kier molecular flexibility index (Phi) is 6.97. The molecule has 0 bridgehead atoms. The number of piperidine rings is 1. The highest BCUT2D eigenvalue weighted by Crippen LogP contribution is 2.33. The van der Waals surface area contributed by atoms with Crippen molar-refractivity contribution >= 4 is 27.4 Å². The number of anilines is 1. The summed E-state index contributed by atoms with van der Waals surface area (Å²) in [7, 11) is 0. The second-order valence-electron chi connectivity index (χ2n) is 8.92. The van der Waals surface area contributed by atoms with Gasteiger partial charge in [-0.1, -0.05) is 0 Å². The zero-order valence-corrected chi connectivity index (χ0v) is 18.3. The standard InChI is InChI=1S/C22H28F3N5S/c23-22(24,25)10-18-9-19-20(28-14-29-21(19)31-18)27-12-16-5-7-30(8-6-16)13-17-3-1-15(11-26)2-4-17/h9,14-17H,1-8,10,12-13H2,(H,27,28,29). The van der Waals surface area contributed by atoms with Crippen LogP contribution in [0, 0.1) is 29.1 Å². The van der Waals surface area contributed by atoms with Gasteiger partial charge in [-0.3, -0.25) is 0 Å². The van der Waals surface area contributed by atoms with E-state index in [0.717, 1.165) is 69.1 Å². The summed E-state index contributed by atoms with van der Waals surface area (Å²) in [4.78, 5) is 11.8. The fourth-order valence-electron chi connectivity index (χ4n) is 4.78. The molecule has 0 aromatic carbocycles. The molecule has 5 nitrogen and oxygen atoms in total. The number of hydrogen-bond donors (Lipinski definition) is 1. The van der Waals surface area contributed by atoms with Gasteiger partial charge in [0.2, 0.25) is 0 Å². The maximum Gasteiger partial charge on any atom is 0.393 e. The summed E-state index contributed by atoms with van der Waals surface area (Å²) in [5, 5.41) is 13.1. The summed E-state index contributed by atoms with van der Waals surface area (Å²) in [6.07, 6.45) is 2.91. The molecule has 1 saturated heterocycles. The summed E-state index contributed by atoms with van der Waals surface area (Å²) >= 11 is 1.08. The molecule has 1 aliphatic heterocycles. The monoisotopic (exact) mass is 451 g/mol. The van der Waals surface area contributed by atoms with Crippen molar-refractivity contribution in [1.29, 1.82) is 5.26 Å². The van der Waals surface area contributed by atoms with E-state index in [4.69, 9.17) is 5.26 Å². The molecule has 1 N–H and O–H groups in total. The van der Waals surface area contributed by atoms with Crippen LogP contribution in [-0.4, -0.2) is 47.2 Å². The van der Waals surface area contributed by atoms with E-state index in [1.54, 1.807) is 6.07 Å². The highest BCUT2D eigenvalue weighted by molar-refractivity contribution is 7.18. The molecule has 1 aliphatic carbocycles. The Labute approximate surface area is 184 Å². The van der Waals surface area contributed by atoms with Crippen molar-refractivity contribution < 1.29 is 13.2 Å². The first-order chi connectivity index (χ1) is 14.9. The van der Waals surface area contributed by atoms with E-state index in [0.29, 0.717) is 22.0 Å². The average Bonchev–Trinajstić information content (AvgIpc) is 3.15. The van der Waals surface area contributed by atoms with Gasteiger partial charge in [-0.2, -0.15) is 18.4 Å². The Balaban J connectivity index is 1.25. The van der Waals surface area contributed by atoms with Crippen LogP contribution in [0.2, 0.25) is 0 Å². The first-order valence-electron chi connectivity index (χ1n) is 11.1. The van der Waals surface area contributed by atoms with Crippen LogP contribution in [0.4, 0.5) is 19.0 Å². The fraction of sp³-hybridized carbons (Fsp3) is 0.682. The van der Waals surface area contributed by atoms with E-state index in [1.165, 1.54) is 19.2 Å². The van der Waals surface area contributed by atoms with Crippen LogP contribution in [0.15, 0.2) is 12.4 Å². The SMILES string of the molecule is N#CC1CCC(CN2CCC(CNc3ncnc4sc(CC(F)(F)F)cc34)CC2)CC1. The molecule has 0 spiro atoms. The third-order valence-electron chi connectivity index (χ3n) is 6.57. The second kappa shape index (κ2) is 9.70. The molecule has 0 atom stereocenters. The lowest BCUT2D eigenvalue weighted by atomic mass is 9.82. The van der Waals surface area contributed by atoms with Crippen molar-refractivity contribution in [3.8, 4) is 6.07 Å². The van der Waals surface area contributed by atoms with Gasteiger partial charge in [-0.25, -0.2) is 9.97 Å². The average molecular weight is 452 g/mol. The number of thiophene rings is 1. The number of rotatable bonds is 6. The van der Waals surface area contributed by atoms with E-state index in [9.17, 15) is 13.2 Å². The molecule has 0 amide bonds. The largest absolute Gasteiger partial charge is 0.393 e. The number of nitriles is 1. The van der Waals surface area contributed by atoms with Gasteiger partial charge in [0.15, 0.2) is 0 Å². The Hall–Kier alpha value is -1.92. The minimum atomic E-state index is -4.22. The Bertz CT molecular complexity index is 906. The summed E-state index contributed by atoms with van der Waals surface area (Å²) in [6, 6.07) is 3.97. The summed E-state index contributed by atoms with van der Waals surface area (Å²) in [5.41, 5.74) is 0. The van der Waals surface area contributed by atoms with Gasteiger partial charge >= 0.3 is 6.18 Å². The predicted molar refractivity (Wildman–Crippen MR) is 116 cm³/mol. The number of alkyl halides is 3. The molecule has 2 aliphatic rings. The lowest BCUT2D eigenvalue weighted by Gasteiger charge is -2.36. The smallest absolute Gasteiger partial charge is 0.369 e. The van der Waals surface area contributed by atoms with Crippen molar-refractivity contribution in [3.63, 3.8) is 0 Å². The molecule has 0 radical (unpaired) electrons. The molecule has 31 heavy (non-hydrogen) atoms. The van der Waals surface area contributed by atoms with Crippen LogP contribution >= 0.6 is 11.3 Å². The minimum absolute atomic E-state index is 0.258. The summed E-state index contributed by atoms with van der Waals surface area (Å²) in [5.74, 6) is 2.14. The Morgan fingerprint density at radius 2 is 1.84 bits per heavy atom. The normalized spacial score (nSPS) is 23.7. The van der Waals surface area contributed by atoms with Gasteiger partial charge in [0, 0.05) is 23.9 Å². The first kappa shape index (κ1) is 22.3. The molecular formula is C22H28F3N5S. The minimum Gasteiger partial charge on any atom is -0.369 e. The highest BCUT2D eigenvalue weighted by Gasteiger charge is 2.29. The van der Waals surface area contributed by atoms with E-state index in [1.807, 2.05) is 0 Å². The Morgan fingerprint density at radius 1 is 1.10 bits per heavy atom. The van der Waals surface area contributed by atoms with Gasteiger partial charge in [0.1, 0.15) is 17.0 Å². The predicted octanol–water partition coefficient (Wildman–Crippen LogP) is 5.25. The number of halogens is 3.